The molecule has 2 amide bonds. The molecule has 3 nitrogen and oxygen atoms in total. The highest BCUT2D eigenvalue weighted by atomic mass is 32.2. The van der Waals surface area contributed by atoms with E-state index in [1.54, 1.807) is 0 Å². The first-order valence-corrected chi connectivity index (χ1v) is 8.51. The van der Waals surface area contributed by atoms with Gasteiger partial charge in [0.05, 0.1) is 0 Å². The minimum absolute atomic E-state index is 0.0267. The van der Waals surface area contributed by atoms with E-state index in [1.807, 2.05) is 47.0 Å². The van der Waals surface area contributed by atoms with Crippen LogP contribution in [0.15, 0.2) is 48.5 Å². The highest BCUT2D eigenvalue weighted by Crippen LogP contribution is 2.39. The molecule has 2 aromatic rings. The van der Waals surface area contributed by atoms with E-state index in [0.717, 1.165) is 18.0 Å². The summed E-state index contributed by atoms with van der Waals surface area (Å²) >= 11 is 1.83. The summed E-state index contributed by atoms with van der Waals surface area (Å²) in [6, 6.07) is 16.0. The number of thioether (sulfide) groups is 1. The number of carbonyl (C=O) groups excluding carboxylic acids is 1. The second kappa shape index (κ2) is 6.44. The zero-order valence-electron chi connectivity index (χ0n) is 12.9. The molecular formula is C18H20N2OS. The molecule has 1 saturated heterocycles. The second-order valence-electron chi connectivity index (χ2n) is 5.57. The molecule has 4 heteroatoms. The average molecular weight is 312 g/mol. The van der Waals surface area contributed by atoms with Gasteiger partial charge in [-0.15, -0.1) is 11.8 Å². The lowest BCUT2D eigenvalue weighted by molar-refractivity contribution is 0.214. The molecule has 0 radical (unpaired) electrons. The van der Waals surface area contributed by atoms with Crippen molar-refractivity contribution in [3.05, 3.63) is 65.2 Å². The lowest BCUT2D eigenvalue weighted by Gasteiger charge is -2.25. The maximum Gasteiger partial charge on any atom is 0.323 e. The fraction of sp³-hybridized carbons (Fsp3) is 0.278. The number of aryl methyl sites for hydroxylation is 2. The first-order chi connectivity index (χ1) is 10.6. The van der Waals surface area contributed by atoms with Crippen LogP contribution in [0.5, 0.6) is 0 Å². The number of nitrogens with zero attached hydrogens (tertiary/aromatic N) is 1. The lowest BCUT2D eigenvalue weighted by atomic mass is 10.1. The zero-order chi connectivity index (χ0) is 15.5. The predicted molar refractivity (Wildman–Crippen MR) is 93.3 cm³/mol. The van der Waals surface area contributed by atoms with Crippen molar-refractivity contribution in [3.8, 4) is 0 Å². The van der Waals surface area contributed by atoms with Gasteiger partial charge in [-0.3, -0.25) is 0 Å². The number of hydrogen-bond donors (Lipinski definition) is 1. The lowest BCUT2D eigenvalue weighted by Crippen LogP contribution is -2.34. The van der Waals surface area contributed by atoms with E-state index in [4.69, 9.17) is 0 Å². The summed E-state index contributed by atoms with van der Waals surface area (Å²) in [4.78, 5) is 14.5. The van der Waals surface area contributed by atoms with Gasteiger partial charge in [0, 0.05) is 18.0 Å². The van der Waals surface area contributed by atoms with Crippen LogP contribution in [0.1, 0.15) is 22.1 Å². The molecule has 0 aromatic heterocycles. The van der Waals surface area contributed by atoms with Crippen molar-refractivity contribution in [2.75, 3.05) is 17.6 Å². The van der Waals surface area contributed by atoms with Gasteiger partial charge in [-0.25, -0.2) is 4.79 Å². The van der Waals surface area contributed by atoms with Crippen LogP contribution in [0.25, 0.3) is 0 Å². The first-order valence-electron chi connectivity index (χ1n) is 7.46. The minimum atomic E-state index is -0.0267. The van der Waals surface area contributed by atoms with Gasteiger partial charge < -0.3 is 10.2 Å². The molecule has 3 rings (SSSR count). The maximum atomic E-state index is 12.6. The molecular weight excluding hydrogens is 292 g/mol. The van der Waals surface area contributed by atoms with Crippen LogP contribution in [0.3, 0.4) is 0 Å². The Morgan fingerprint density at radius 3 is 2.68 bits per heavy atom. The molecule has 1 atom stereocenters. The Balaban J connectivity index is 1.79. The summed E-state index contributed by atoms with van der Waals surface area (Å²) in [5, 5.41) is 3.09. The molecule has 1 aliphatic heterocycles. The number of rotatable bonds is 2. The molecule has 1 heterocycles. The normalized spacial score (nSPS) is 17.5. The molecule has 22 heavy (non-hydrogen) atoms. The Bertz CT molecular complexity index is 672. The summed E-state index contributed by atoms with van der Waals surface area (Å²) in [6.45, 7) is 4.99. The predicted octanol–water partition coefficient (Wildman–Crippen LogP) is 4.58. The molecule has 0 bridgehead atoms. The van der Waals surface area contributed by atoms with Crippen molar-refractivity contribution in [2.24, 2.45) is 0 Å². The van der Waals surface area contributed by atoms with Crippen molar-refractivity contribution in [2.45, 2.75) is 19.2 Å². The van der Waals surface area contributed by atoms with E-state index in [2.05, 4.69) is 37.4 Å². The van der Waals surface area contributed by atoms with Crippen LogP contribution in [0.2, 0.25) is 0 Å². The quantitative estimate of drug-likeness (QED) is 0.880. The zero-order valence-corrected chi connectivity index (χ0v) is 13.7. The Hall–Kier alpha value is -1.94. The number of amides is 2. The summed E-state index contributed by atoms with van der Waals surface area (Å²) < 4.78 is 0. The summed E-state index contributed by atoms with van der Waals surface area (Å²) in [7, 11) is 0. The number of benzene rings is 2. The summed E-state index contributed by atoms with van der Waals surface area (Å²) in [6.07, 6.45) is 0. The van der Waals surface area contributed by atoms with Crippen LogP contribution in [0, 0.1) is 13.8 Å². The number of hydrogen-bond acceptors (Lipinski definition) is 2. The largest absolute Gasteiger partial charge is 0.323 e. The Morgan fingerprint density at radius 2 is 1.95 bits per heavy atom. The van der Waals surface area contributed by atoms with Crippen LogP contribution >= 0.6 is 11.8 Å². The highest BCUT2D eigenvalue weighted by Gasteiger charge is 2.31. The third kappa shape index (κ3) is 3.12. The Kier molecular flexibility index (Phi) is 4.39. The van der Waals surface area contributed by atoms with Crippen LogP contribution in [-0.2, 0) is 0 Å². The smallest absolute Gasteiger partial charge is 0.308 e. The van der Waals surface area contributed by atoms with E-state index in [9.17, 15) is 4.79 Å². The topological polar surface area (TPSA) is 32.3 Å². The van der Waals surface area contributed by atoms with Gasteiger partial charge in [0.15, 0.2) is 0 Å². The van der Waals surface area contributed by atoms with E-state index in [0.29, 0.717) is 0 Å². The van der Waals surface area contributed by atoms with Gasteiger partial charge in [-0.05, 0) is 37.1 Å². The van der Waals surface area contributed by atoms with Crippen molar-refractivity contribution in [1.82, 2.24) is 4.90 Å². The maximum absolute atomic E-state index is 12.6. The SMILES string of the molecule is Cc1ccc([C@@H]2SCCN2C(=O)Nc2ccccc2)c(C)c1. The van der Waals surface area contributed by atoms with Crippen molar-refractivity contribution in [3.63, 3.8) is 0 Å². The molecule has 2 aromatic carbocycles. The second-order valence-corrected chi connectivity index (χ2v) is 6.76. The molecule has 0 unspecified atom stereocenters. The first kappa shape index (κ1) is 15.0. The van der Waals surface area contributed by atoms with Crippen molar-refractivity contribution in [1.29, 1.82) is 0 Å². The molecule has 1 aliphatic rings. The van der Waals surface area contributed by atoms with Gasteiger partial charge >= 0.3 is 6.03 Å². The van der Waals surface area contributed by atoms with Crippen LogP contribution < -0.4 is 5.32 Å². The van der Waals surface area contributed by atoms with Gasteiger partial charge in [-0.1, -0.05) is 42.0 Å². The van der Waals surface area contributed by atoms with Gasteiger partial charge in [0.2, 0.25) is 0 Å². The fourth-order valence-electron chi connectivity index (χ4n) is 2.76. The number of urea groups is 1. The molecule has 0 spiro atoms. The van der Waals surface area contributed by atoms with Crippen molar-refractivity contribution >= 4 is 23.5 Å². The number of carbonyl (C=O) groups is 1. The number of anilines is 1. The average Bonchev–Trinajstić information content (AvgIpc) is 2.97. The number of para-hydroxylation sites is 1. The van der Waals surface area contributed by atoms with Gasteiger partial charge in [-0.2, -0.15) is 0 Å². The standard InChI is InChI=1S/C18H20N2OS/c1-13-8-9-16(14(2)12-13)17-20(10-11-22-17)18(21)19-15-6-4-3-5-7-15/h3-9,12,17H,10-11H2,1-2H3,(H,19,21)/t17-/m0/s1. The van der Waals surface area contributed by atoms with Crippen LogP contribution in [-0.4, -0.2) is 23.2 Å². The molecule has 0 saturated carbocycles. The third-order valence-electron chi connectivity index (χ3n) is 3.87. The molecule has 1 N–H and O–H groups in total. The monoisotopic (exact) mass is 312 g/mol. The van der Waals surface area contributed by atoms with Gasteiger partial charge in [0.1, 0.15) is 5.37 Å². The highest BCUT2D eigenvalue weighted by molar-refractivity contribution is 7.99. The van der Waals surface area contributed by atoms with Gasteiger partial charge in [0.25, 0.3) is 0 Å². The summed E-state index contributed by atoms with van der Waals surface area (Å²) in [5.41, 5.74) is 4.57. The Labute approximate surface area is 135 Å². The summed E-state index contributed by atoms with van der Waals surface area (Å²) in [5.74, 6) is 0.972. The fourth-order valence-corrected chi connectivity index (χ4v) is 4.11. The third-order valence-corrected chi connectivity index (χ3v) is 5.11. The van der Waals surface area contributed by atoms with Crippen LogP contribution in [0.4, 0.5) is 10.5 Å². The molecule has 1 fully saturated rings. The van der Waals surface area contributed by atoms with E-state index in [-0.39, 0.29) is 11.4 Å². The van der Waals surface area contributed by atoms with E-state index in [1.165, 1.54) is 16.7 Å². The molecule has 0 aliphatic carbocycles. The van der Waals surface area contributed by atoms with E-state index < -0.39 is 0 Å². The number of nitrogens with one attached hydrogen (secondary N) is 1. The molecule has 114 valence electrons. The van der Waals surface area contributed by atoms with E-state index >= 15 is 0 Å². The van der Waals surface area contributed by atoms with Crippen molar-refractivity contribution < 1.29 is 4.79 Å². The Morgan fingerprint density at radius 1 is 1.18 bits per heavy atom. The minimum Gasteiger partial charge on any atom is -0.308 e.